The molecule has 0 fully saturated rings. The monoisotopic (exact) mass is 257 g/mol. The topological polar surface area (TPSA) is 54.0 Å². The molecule has 0 aromatic carbocycles. The molecule has 0 aliphatic rings. The van der Waals surface area contributed by atoms with Crippen molar-refractivity contribution in [2.75, 3.05) is 18.4 Å². The van der Waals surface area contributed by atoms with Crippen LogP contribution < -0.4 is 10.6 Å². The number of likely N-dealkylation sites (N-methyl/N-ethyl adjacent to an activating group) is 1. The Morgan fingerprint density at radius 2 is 2.36 bits per heavy atom. The lowest BCUT2D eigenvalue weighted by molar-refractivity contribution is -0.115. The first-order valence-corrected chi connectivity index (χ1v) is 5.14. The van der Waals surface area contributed by atoms with Gasteiger partial charge in [0.2, 0.25) is 5.91 Å². The molecule has 0 atom stereocenters. The van der Waals surface area contributed by atoms with Gasteiger partial charge < -0.3 is 10.6 Å². The first kappa shape index (κ1) is 11.1. The molecule has 1 aromatic rings. The first-order chi connectivity index (χ1) is 6.72. The van der Waals surface area contributed by atoms with Gasteiger partial charge in [-0.05, 0) is 34.6 Å². The van der Waals surface area contributed by atoms with E-state index in [4.69, 9.17) is 0 Å². The zero-order chi connectivity index (χ0) is 10.4. The van der Waals surface area contributed by atoms with Crippen LogP contribution in [-0.4, -0.2) is 24.0 Å². The van der Waals surface area contributed by atoms with E-state index in [1.807, 2.05) is 13.0 Å². The zero-order valence-electron chi connectivity index (χ0n) is 7.88. The van der Waals surface area contributed by atoms with Gasteiger partial charge in [0, 0.05) is 10.7 Å². The van der Waals surface area contributed by atoms with Gasteiger partial charge in [0.25, 0.3) is 0 Å². The standard InChI is InChI=1S/C9H12BrN3O/c1-2-11-6-9(14)13-8-4-3-7(10)5-12-8/h3-5,11H,2,6H2,1H3,(H,12,13,14). The van der Waals surface area contributed by atoms with Crippen LogP contribution in [0.15, 0.2) is 22.8 Å². The number of hydrogen-bond donors (Lipinski definition) is 2. The van der Waals surface area contributed by atoms with E-state index in [0.717, 1.165) is 11.0 Å². The molecule has 1 heterocycles. The fourth-order valence-electron chi connectivity index (χ4n) is 0.875. The lowest BCUT2D eigenvalue weighted by Gasteiger charge is -2.04. The summed E-state index contributed by atoms with van der Waals surface area (Å²) in [5, 5.41) is 5.60. The van der Waals surface area contributed by atoms with Gasteiger partial charge in [0.1, 0.15) is 5.82 Å². The maximum atomic E-state index is 11.2. The smallest absolute Gasteiger partial charge is 0.239 e. The second-order valence-electron chi connectivity index (χ2n) is 2.69. The molecule has 1 amide bonds. The van der Waals surface area contributed by atoms with Gasteiger partial charge in [0.15, 0.2) is 0 Å². The highest BCUT2D eigenvalue weighted by molar-refractivity contribution is 9.10. The average Bonchev–Trinajstić information content (AvgIpc) is 2.18. The van der Waals surface area contributed by atoms with Gasteiger partial charge in [-0.15, -0.1) is 0 Å². The van der Waals surface area contributed by atoms with Crippen LogP contribution in [0.4, 0.5) is 5.82 Å². The van der Waals surface area contributed by atoms with Crippen LogP contribution in [-0.2, 0) is 4.79 Å². The molecule has 0 aliphatic carbocycles. The number of nitrogens with zero attached hydrogens (tertiary/aromatic N) is 1. The Hall–Kier alpha value is -0.940. The SMILES string of the molecule is CCNCC(=O)Nc1ccc(Br)cn1. The van der Waals surface area contributed by atoms with Crippen molar-refractivity contribution in [1.29, 1.82) is 0 Å². The summed E-state index contributed by atoms with van der Waals surface area (Å²) in [5.41, 5.74) is 0. The number of aromatic nitrogens is 1. The number of amides is 1. The van der Waals surface area contributed by atoms with E-state index in [2.05, 4.69) is 31.5 Å². The maximum Gasteiger partial charge on any atom is 0.239 e. The normalized spacial score (nSPS) is 9.86. The molecular weight excluding hydrogens is 246 g/mol. The molecule has 1 aromatic heterocycles. The minimum absolute atomic E-state index is 0.0818. The van der Waals surface area contributed by atoms with E-state index in [1.165, 1.54) is 0 Å². The molecule has 1 rings (SSSR count). The lowest BCUT2D eigenvalue weighted by Crippen LogP contribution is -2.28. The van der Waals surface area contributed by atoms with Gasteiger partial charge in [-0.1, -0.05) is 6.92 Å². The molecule has 0 unspecified atom stereocenters. The minimum atomic E-state index is -0.0818. The van der Waals surface area contributed by atoms with Crippen LogP contribution in [0.25, 0.3) is 0 Å². The number of carbonyl (C=O) groups excluding carboxylic acids is 1. The minimum Gasteiger partial charge on any atom is -0.310 e. The van der Waals surface area contributed by atoms with Crippen molar-refractivity contribution in [3.05, 3.63) is 22.8 Å². The van der Waals surface area contributed by atoms with Gasteiger partial charge in [-0.25, -0.2) is 4.98 Å². The summed E-state index contributed by atoms with van der Waals surface area (Å²) in [7, 11) is 0. The van der Waals surface area contributed by atoms with Crippen LogP contribution in [0.3, 0.4) is 0 Å². The van der Waals surface area contributed by atoms with Crippen molar-refractivity contribution < 1.29 is 4.79 Å². The second kappa shape index (κ2) is 5.72. The molecule has 14 heavy (non-hydrogen) atoms. The predicted molar refractivity (Wildman–Crippen MR) is 59.1 cm³/mol. The summed E-state index contributed by atoms with van der Waals surface area (Å²) in [6.45, 7) is 3.04. The van der Waals surface area contributed by atoms with E-state index in [-0.39, 0.29) is 5.91 Å². The van der Waals surface area contributed by atoms with E-state index in [0.29, 0.717) is 12.4 Å². The summed E-state index contributed by atoms with van der Waals surface area (Å²) in [5.74, 6) is 0.484. The Morgan fingerprint density at radius 1 is 1.57 bits per heavy atom. The van der Waals surface area contributed by atoms with E-state index in [1.54, 1.807) is 12.3 Å². The highest BCUT2D eigenvalue weighted by Gasteiger charge is 2.00. The fraction of sp³-hybridized carbons (Fsp3) is 0.333. The van der Waals surface area contributed by atoms with Crippen LogP contribution >= 0.6 is 15.9 Å². The number of halogens is 1. The summed E-state index contributed by atoms with van der Waals surface area (Å²) >= 11 is 3.27. The van der Waals surface area contributed by atoms with E-state index in [9.17, 15) is 4.79 Å². The summed E-state index contributed by atoms with van der Waals surface area (Å²) in [6, 6.07) is 3.57. The summed E-state index contributed by atoms with van der Waals surface area (Å²) < 4.78 is 0.891. The predicted octanol–water partition coefficient (Wildman–Crippen LogP) is 1.39. The molecule has 0 radical (unpaired) electrons. The van der Waals surface area contributed by atoms with Crippen molar-refractivity contribution in [3.63, 3.8) is 0 Å². The molecule has 0 spiro atoms. The Morgan fingerprint density at radius 3 is 2.93 bits per heavy atom. The number of anilines is 1. The van der Waals surface area contributed by atoms with Crippen molar-refractivity contribution in [1.82, 2.24) is 10.3 Å². The van der Waals surface area contributed by atoms with Gasteiger partial charge in [-0.3, -0.25) is 4.79 Å². The molecule has 4 nitrogen and oxygen atoms in total. The van der Waals surface area contributed by atoms with Crippen molar-refractivity contribution in [3.8, 4) is 0 Å². The van der Waals surface area contributed by atoms with Gasteiger partial charge in [-0.2, -0.15) is 0 Å². The van der Waals surface area contributed by atoms with Crippen molar-refractivity contribution in [2.45, 2.75) is 6.92 Å². The number of nitrogens with one attached hydrogen (secondary N) is 2. The summed E-state index contributed by atoms with van der Waals surface area (Å²) in [4.78, 5) is 15.3. The molecule has 0 saturated carbocycles. The highest BCUT2D eigenvalue weighted by Crippen LogP contribution is 2.09. The number of rotatable bonds is 4. The molecule has 2 N–H and O–H groups in total. The fourth-order valence-corrected chi connectivity index (χ4v) is 1.11. The Labute approximate surface area is 91.2 Å². The highest BCUT2D eigenvalue weighted by atomic mass is 79.9. The number of hydrogen-bond acceptors (Lipinski definition) is 3. The molecule has 0 aliphatic heterocycles. The van der Waals surface area contributed by atoms with E-state index < -0.39 is 0 Å². The molecule has 0 bridgehead atoms. The Kier molecular flexibility index (Phi) is 4.55. The van der Waals surface area contributed by atoms with Crippen molar-refractivity contribution in [2.24, 2.45) is 0 Å². The second-order valence-corrected chi connectivity index (χ2v) is 3.61. The van der Waals surface area contributed by atoms with Gasteiger partial charge in [0.05, 0.1) is 6.54 Å². The van der Waals surface area contributed by atoms with Crippen LogP contribution in [0, 0.1) is 0 Å². The molecule has 5 heteroatoms. The van der Waals surface area contributed by atoms with Gasteiger partial charge >= 0.3 is 0 Å². The van der Waals surface area contributed by atoms with Crippen molar-refractivity contribution >= 4 is 27.7 Å². The zero-order valence-corrected chi connectivity index (χ0v) is 9.47. The third-order valence-electron chi connectivity index (χ3n) is 1.53. The molecule has 76 valence electrons. The maximum absolute atomic E-state index is 11.2. The summed E-state index contributed by atoms with van der Waals surface area (Å²) in [6.07, 6.45) is 1.64. The Bertz CT molecular complexity index is 299. The van der Waals surface area contributed by atoms with Crippen LogP contribution in [0.2, 0.25) is 0 Å². The Balaban J connectivity index is 2.44. The third-order valence-corrected chi connectivity index (χ3v) is 2.00. The van der Waals surface area contributed by atoms with E-state index >= 15 is 0 Å². The molecule has 0 saturated heterocycles. The quantitative estimate of drug-likeness (QED) is 0.858. The first-order valence-electron chi connectivity index (χ1n) is 4.34. The number of pyridine rings is 1. The molecular formula is C9H12BrN3O. The lowest BCUT2D eigenvalue weighted by atomic mass is 10.4. The third kappa shape index (κ3) is 3.85. The van der Waals surface area contributed by atoms with Crippen LogP contribution in [0.1, 0.15) is 6.92 Å². The average molecular weight is 258 g/mol. The largest absolute Gasteiger partial charge is 0.310 e. The van der Waals surface area contributed by atoms with Crippen LogP contribution in [0.5, 0.6) is 0 Å². The number of carbonyl (C=O) groups is 1.